The van der Waals surface area contributed by atoms with Gasteiger partial charge in [0.25, 0.3) is 0 Å². The first kappa shape index (κ1) is 14.6. The van der Waals surface area contributed by atoms with E-state index in [2.05, 4.69) is 37.9 Å². The molecule has 0 saturated carbocycles. The third kappa shape index (κ3) is 4.92. The molecule has 0 N–H and O–H groups in total. The Morgan fingerprint density at radius 3 is 2.19 bits per heavy atom. The van der Waals surface area contributed by atoms with E-state index in [1.165, 1.54) is 11.8 Å². The van der Waals surface area contributed by atoms with Crippen LogP contribution < -0.4 is 0 Å². The summed E-state index contributed by atoms with van der Waals surface area (Å²) in [6.45, 7) is 6.64. The standard InChI is InChI=1S/C9H7N.C5H12.CH4/c1-2-6-9-8(4-1)5-3-7-10-9;1-4-5(2)3;/h1-7H;5H,4H2,1-3H3;1H4. The van der Waals surface area contributed by atoms with Gasteiger partial charge in [-0.15, -0.1) is 0 Å². The summed E-state index contributed by atoms with van der Waals surface area (Å²) in [5.41, 5.74) is 1.06. The summed E-state index contributed by atoms with van der Waals surface area (Å²) in [4.78, 5) is 4.18. The van der Waals surface area contributed by atoms with E-state index in [9.17, 15) is 0 Å². The molecule has 1 aromatic heterocycles. The van der Waals surface area contributed by atoms with Crippen LogP contribution in [0.1, 0.15) is 34.6 Å². The molecule has 0 saturated heterocycles. The van der Waals surface area contributed by atoms with Crippen LogP contribution in [-0.2, 0) is 0 Å². The van der Waals surface area contributed by atoms with Crippen molar-refractivity contribution in [1.29, 1.82) is 0 Å². The Morgan fingerprint density at radius 2 is 1.62 bits per heavy atom. The maximum Gasteiger partial charge on any atom is 0.0701 e. The molecule has 88 valence electrons. The minimum absolute atomic E-state index is 0. The molecule has 0 unspecified atom stereocenters. The second-order valence-corrected chi connectivity index (χ2v) is 4.00. The predicted octanol–water partition coefficient (Wildman–Crippen LogP) is 4.92. The number of nitrogens with zero attached hydrogens (tertiary/aromatic N) is 1. The van der Waals surface area contributed by atoms with Crippen molar-refractivity contribution in [1.82, 2.24) is 4.98 Å². The van der Waals surface area contributed by atoms with Gasteiger partial charge in [-0.25, -0.2) is 0 Å². The Labute approximate surface area is 99.5 Å². The number of aromatic nitrogens is 1. The van der Waals surface area contributed by atoms with Crippen LogP contribution in [0.3, 0.4) is 0 Å². The molecule has 2 rings (SSSR count). The summed E-state index contributed by atoms with van der Waals surface area (Å²) < 4.78 is 0. The number of hydrogen-bond donors (Lipinski definition) is 0. The highest BCUT2D eigenvalue weighted by Gasteiger charge is 1.86. The Bertz CT molecular complexity index is 328. The van der Waals surface area contributed by atoms with Gasteiger partial charge in [-0.3, -0.25) is 4.98 Å². The monoisotopic (exact) mass is 217 g/mol. The van der Waals surface area contributed by atoms with Crippen LogP contribution in [-0.4, -0.2) is 4.98 Å². The lowest BCUT2D eigenvalue weighted by atomic mass is 10.2. The molecule has 1 nitrogen and oxygen atoms in total. The van der Waals surface area contributed by atoms with Crippen molar-refractivity contribution in [3.05, 3.63) is 42.6 Å². The van der Waals surface area contributed by atoms with E-state index in [4.69, 9.17) is 0 Å². The largest absolute Gasteiger partial charge is 0.256 e. The Hall–Kier alpha value is -1.37. The van der Waals surface area contributed by atoms with Gasteiger partial charge in [-0.2, -0.15) is 0 Å². The molecule has 2 aromatic rings. The predicted molar refractivity (Wildman–Crippen MR) is 73.6 cm³/mol. The lowest BCUT2D eigenvalue weighted by molar-refractivity contribution is 0.626. The van der Waals surface area contributed by atoms with Crippen molar-refractivity contribution in [2.75, 3.05) is 0 Å². The zero-order chi connectivity index (χ0) is 11.1. The topological polar surface area (TPSA) is 12.9 Å². The Kier molecular flexibility index (Phi) is 7.19. The fourth-order valence-corrected chi connectivity index (χ4v) is 1.02. The normalized spacial score (nSPS) is 9.25. The van der Waals surface area contributed by atoms with Crippen molar-refractivity contribution in [2.24, 2.45) is 5.92 Å². The first-order valence-corrected chi connectivity index (χ1v) is 5.53. The molecule has 0 aliphatic carbocycles. The third-order valence-corrected chi connectivity index (χ3v) is 2.33. The van der Waals surface area contributed by atoms with Crippen LogP contribution in [0.15, 0.2) is 42.6 Å². The molecule has 0 aliphatic rings. The molecule has 0 aliphatic heterocycles. The van der Waals surface area contributed by atoms with E-state index in [1.807, 2.05) is 30.5 Å². The van der Waals surface area contributed by atoms with Gasteiger partial charge < -0.3 is 0 Å². The first-order valence-electron chi connectivity index (χ1n) is 5.53. The highest BCUT2D eigenvalue weighted by atomic mass is 14.6. The van der Waals surface area contributed by atoms with Crippen molar-refractivity contribution >= 4 is 10.9 Å². The van der Waals surface area contributed by atoms with Crippen LogP contribution >= 0.6 is 0 Å². The molecular weight excluding hydrogens is 194 g/mol. The average Bonchev–Trinajstić information content (AvgIpc) is 2.30. The first-order chi connectivity index (χ1) is 7.24. The highest BCUT2D eigenvalue weighted by molar-refractivity contribution is 5.77. The van der Waals surface area contributed by atoms with Crippen LogP contribution in [0.2, 0.25) is 0 Å². The van der Waals surface area contributed by atoms with E-state index in [0.717, 1.165) is 11.4 Å². The minimum atomic E-state index is 0. The number of benzene rings is 1. The summed E-state index contributed by atoms with van der Waals surface area (Å²) in [7, 11) is 0. The average molecular weight is 217 g/mol. The molecule has 1 aromatic carbocycles. The number of pyridine rings is 1. The van der Waals surface area contributed by atoms with Gasteiger partial charge >= 0.3 is 0 Å². The van der Waals surface area contributed by atoms with Gasteiger partial charge in [-0.1, -0.05) is 58.9 Å². The summed E-state index contributed by atoms with van der Waals surface area (Å²) in [6.07, 6.45) is 3.11. The zero-order valence-corrected chi connectivity index (χ0v) is 9.77. The van der Waals surface area contributed by atoms with Gasteiger partial charge in [0.2, 0.25) is 0 Å². The number of fused-ring (bicyclic) bond motifs is 1. The number of para-hydroxylation sites is 1. The van der Waals surface area contributed by atoms with Crippen LogP contribution in [0, 0.1) is 5.92 Å². The molecule has 0 amide bonds. The molecular formula is C15H23N. The number of rotatable bonds is 1. The lowest BCUT2D eigenvalue weighted by Crippen LogP contribution is -1.77. The molecule has 16 heavy (non-hydrogen) atoms. The van der Waals surface area contributed by atoms with Gasteiger partial charge in [0, 0.05) is 11.6 Å². The lowest BCUT2D eigenvalue weighted by Gasteiger charge is -1.91. The highest BCUT2D eigenvalue weighted by Crippen LogP contribution is 2.07. The van der Waals surface area contributed by atoms with Gasteiger partial charge in [0.1, 0.15) is 0 Å². The van der Waals surface area contributed by atoms with Crippen LogP contribution in [0.25, 0.3) is 10.9 Å². The summed E-state index contributed by atoms with van der Waals surface area (Å²) in [6, 6.07) is 12.1. The van der Waals surface area contributed by atoms with Gasteiger partial charge in [0.05, 0.1) is 5.52 Å². The molecule has 1 heteroatoms. The number of hydrogen-bond acceptors (Lipinski definition) is 1. The molecule has 0 radical (unpaired) electrons. The molecule has 0 bridgehead atoms. The van der Waals surface area contributed by atoms with Crippen molar-refractivity contribution < 1.29 is 0 Å². The Balaban J connectivity index is 0.000000330. The van der Waals surface area contributed by atoms with E-state index in [-0.39, 0.29) is 7.43 Å². The zero-order valence-electron chi connectivity index (χ0n) is 9.77. The maximum atomic E-state index is 4.18. The van der Waals surface area contributed by atoms with Crippen molar-refractivity contribution in [3.63, 3.8) is 0 Å². The van der Waals surface area contributed by atoms with Crippen LogP contribution in [0.4, 0.5) is 0 Å². The Morgan fingerprint density at radius 1 is 1.06 bits per heavy atom. The molecule has 0 atom stereocenters. The fraction of sp³-hybridized carbons (Fsp3) is 0.400. The molecule has 0 fully saturated rings. The second kappa shape index (κ2) is 7.86. The molecule has 0 spiro atoms. The smallest absolute Gasteiger partial charge is 0.0701 e. The summed E-state index contributed by atoms with van der Waals surface area (Å²) >= 11 is 0. The summed E-state index contributed by atoms with van der Waals surface area (Å²) in [5.74, 6) is 0.884. The van der Waals surface area contributed by atoms with Gasteiger partial charge in [-0.05, 0) is 18.1 Å². The van der Waals surface area contributed by atoms with E-state index < -0.39 is 0 Å². The van der Waals surface area contributed by atoms with E-state index >= 15 is 0 Å². The molecule has 1 heterocycles. The maximum absolute atomic E-state index is 4.18. The van der Waals surface area contributed by atoms with Gasteiger partial charge in [0.15, 0.2) is 0 Å². The van der Waals surface area contributed by atoms with Crippen LogP contribution in [0.5, 0.6) is 0 Å². The van der Waals surface area contributed by atoms with E-state index in [0.29, 0.717) is 0 Å². The van der Waals surface area contributed by atoms with Crippen molar-refractivity contribution in [2.45, 2.75) is 34.6 Å². The van der Waals surface area contributed by atoms with Crippen molar-refractivity contribution in [3.8, 4) is 0 Å². The summed E-state index contributed by atoms with van der Waals surface area (Å²) in [5, 5.41) is 1.20. The minimum Gasteiger partial charge on any atom is -0.256 e. The SMILES string of the molecule is C.CCC(C)C.c1ccc2ncccc2c1. The second-order valence-electron chi connectivity index (χ2n) is 4.00. The van der Waals surface area contributed by atoms with E-state index in [1.54, 1.807) is 0 Å². The third-order valence-electron chi connectivity index (χ3n) is 2.33. The quantitative estimate of drug-likeness (QED) is 0.660. The fourth-order valence-electron chi connectivity index (χ4n) is 1.02.